The molecule has 2 aliphatic heterocycles. The molecule has 5 rings (SSSR count). The van der Waals surface area contributed by atoms with E-state index in [-0.39, 0.29) is 31.6 Å². The summed E-state index contributed by atoms with van der Waals surface area (Å²) in [6, 6.07) is 7.35. The van der Waals surface area contributed by atoms with Gasteiger partial charge in [-0.25, -0.2) is 19.6 Å². The SMILES string of the molecule is CC(C)N(C)c1cc2c(c(CN(C)C(=O)OC(C)(C)C)n1)CN(c1cccc(-c3cnn4c3CN(C(=O)O)CC4)n1)C2=O. The molecule has 228 valence electrons. The minimum Gasteiger partial charge on any atom is -0.465 e. The highest BCUT2D eigenvalue weighted by atomic mass is 16.6. The monoisotopic (exact) mass is 590 g/mol. The zero-order valence-electron chi connectivity index (χ0n) is 25.7. The standard InChI is InChI=1S/C30H38N8O5/c1-18(2)35(7)26-13-19-21(23(33-26)16-34(6)29(42)43-30(3,4)5)15-37(27(19)39)25-10-8-9-22(32-25)20-14-31-38-12-11-36(28(40)41)17-24(20)38/h8-10,13-14,18H,11-12,15-17H2,1-7H3,(H,40,41). The molecule has 1 N–H and O–H groups in total. The first kappa shape index (κ1) is 29.8. The Balaban J connectivity index is 1.48. The van der Waals surface area contributed by atoms with Crippen LogP contribution in [0.5, 0.6) is 0 Å². The maximum absolute atomic E-state index is 13.9. The molecule has 3 aromatic rings. The maximum Gasteiger partial charge on any atom is 0.410 e. The summed E-state index contributed by atoms with van der Waals surface area (Å²) in [4.78, 5) is 54.4. The van der Waals surface area contributed by atoms with Crippen LogP contribution in [0.4, 0.5) is 21.2 Å². The summed E-state index contributed by atoms with van der Waals surface area (Å²) in [6.45, 7) is 10.9. The van der Waals surface area contributed by atoms with Crippen LogP contribution in [0.3, 0.4) is 0 Å². The van der Waals surface area contributed by atoms with Gasteiger partial charge in [-0.2, -0.15) is 5.10 Å². The molecule has 0 aliphatic carbocycles. The van der Waals surface area contributed by atoms with E-state index in [1.54, 1.807) is 35.0 Å². The summed E-state index contributed by atoms with van der Waals surface area (Å²) in [5.74, 6) is 0.873. The zero-order chi connectivity index (χ0) is 31.2. The summed E-state index contributed by atoms with van der Waals surface area (Å²) >= 11 is 0. The van der Waals surface area contributed by atoms with E-state index in [4.69, 9.17) is 14.7 Å². The normalized spacial score (nSPS) is 14.6. The lowest BCUT2D eigenvalue weighted by Gasteiger charge is -2.26. The Bertz CT molecular complexity index is 1580. The van der Waals surface area contributed by atoms with Crippen molar-refractivity contribution < 1.29 is 24.2 Å². The van der Waals surface area contributed by atoms with E-state index in [1.165, 1.54) is 9.80 Å². The van der Waals surface area contributed by atoms with Crippen LogP contribution in [0.2, 0.25) is 0 Å². The van der Waals surface area contributed by atoms with Gasteiger partial charge >= 0.3 is 12.2 Å². The van der Waals surface area contributed by atoms with E-state index in [2.05, 4.69) is 5.10 Å². The molecule has 13 nitrogen and oxygen atoms in total. The largest absolute Gasteiger partial charge is 0.465 e. The van der Waals surface area contributed by atoms with Gasteiger partial charge in [-0.15, -0.1) is 0 Å². The van der Waals surface area contributed by atoms with Crippen molar-refractivity contribution in [1.82, 2.24) is 29.5 Å². The number of carboxylic acid groups (broad SMARTS) is 1. The number of hydrogen-bond acceptors (Lipinski definition) is 8. The minimum atomic E-state index is -0.982. The zero-order valence-corrected chi connectivity index (χ0v) is 25.7. The number of nitrogens with zero attached hydrogens (tertiary/aromatic N) is 8. The molecule has 5 heterocycles. The van der Waals surface area contributed by atoms with Crippen molar-refractivity contribution >= 4 is 29.7 Å². The molecule has 0 atom stereocenters. The number of fused-ring (bicyclic) bond motifs is 2. The predicted octanol–water partition coefficient (Wildman–Crippen LogP) is 4.21. The van der Waals surface area contributed by atoms with E-state index in [0.29, 0.717) is 41.7 Å². The van der Waals surface area contributed by atoms with Gasteiger partial charge in [0.05, 0.1) is 55.0 Å². The molecule has 0 aromatic carbocycles. The molecular weight excluding hydrogens is 552 g/mol. The number of carbonyl (C=O) groups is 3. The Morgan fingerprint density at radius 3 is 2.51 bits per heavy atom. The lowest BCUT2D eigenvalue weighted by molar-refractivity contribution is 0.0282. The van der Waals surface area contributed by atoms with Gasteiger partial charge < -0.3 is 24.5 Å². The molecule has 0 spiro atoms. The molecule has 0 saturated heterocycles. The molecule has 3 aromatic heterocycles. The fourth-order valence-corrected chi connectivity index (χ4v) is 5.09. The summed E-state index contributed by atoms with van der Waals surface area (Å²) < 4.78 is 7.34. The van der Waals surface area contributed by atoms with Gasteiger partial charge in [0.15, 0.2) is 0 Å². The first-order valence-corrected chi connectivity index (χ1v) is 14.2. The van der Waals surface area contributed by atoms with Crippen molar-refractivity contribution in [2.75, 3.05) is 30.4 Å². The van der Waals surface area contributed by atoms with Crippen molar-refractivity contribution in [3.8, 4) is 11.3 Å². The molecule has 13 heteroatoms. The minimum absolute atomic E-state index is 0.131. The number of carbonyl (C=O) groups excluding carboxylic acids is 2. The van der Waals surface area contributed by atoms with Gasteiger partial charge in [0.2, 0.25) is 0 Å². The molecule has 2 aliphatic rings. The molecule has 43 heavy (non-hydrogen) atoms. The highest BCUT2D eigenvalue weighted by Crippen LogP contribution is 2.34. The molecule has 0 bridgehead atoms. The topological polar surface area (TPSA) is 137 Å². The summed E-state index contributed by atoms with van der Waals surface area (Å²) in [5.41, 5.74) is 3.28. The second-order valence-electron chi connectivity index (χ2n) is 12.2. The molecular formula is C30H38N8O5. The van der Waals surface area contributed by atoms with Gasteiger partial charge in [0.25, 0.3) is 5.91 Å². The fraction of sp³-hybridized carbons (Fsp3) is 0.467. The average Bonchev–Trinajstić information content (AvgIpc) is 3.52. The van der Waals surface area contributed by atoms with E-state index in [1.807, 2.05) is 58.7 Å². The Labute approximate surface area is 250 Å². The Morgan fingerprint density at radius 2 is 1.84 bits per heavy atom. The molecule has 0 fully saturated rings. The lowest BCUT2D eigenvalue weighted by Crippen LogP contribution is -2.37. The molecule has 0 saturated carbocycles. The maximum atomic E-state index is 13.9. The summed E-state index contributed by atoms with van der Waals surface area (Å²) in [5, 5.41) is 13.9. The van der Waals surface area contributed by atoms with Gasteiger partial charge in [0.1, 0.15) is 17.2 Å². The number of rotatable bonds is 6. The number of hydrogen-bond donors (Lipinski definition) is 1. The van der Waals surface area contributed by atoms with Crippen LogP contribution >= 0.6 is 0 Å². The first-order chi connectivity index (χ1) is 20.2. The van der Waals surface area contributed by atoms with Crippen LogP contribution in [0.15, 0.2) is 30.5 Å². The fourth-order valence-electron chi connectivity index (χ4n) is 5.09. The second-order valence-corrected chi connectivity index (χ2v) is 12.2. The van der Waals surface area contributed by atoms with Crippen LogP contribution in [0.1, 0.15) is 61.9 Å². The number of amides is 3. The number of pyridine rings is 2. The second kappa shape index (κ2) is 11.2. The van der Waals surface area contributed by atoms with Crippen LogP contribution in [-0.2, 0) is 30.9 Å². The first-order valence-electron chi connectivity index (χ1n) is 14.2. The van der Waals surface area contributed by atoms with E-state index in [0.717, 1.165) is 16.8 Å². The van der Waals surface area contributed by atoms with Crippen molar-refractivity contribution in [1.29, 1.82) is 0 Å². The lowest BCUT2D eigenvalue weighted by atomic mass is 10.1. The molecule has 0 radical (unpaired) electrons. The number of ether oxygens (including phenoxy) is 1. The molecule has 3 amide bonds. The highest BCUT2D eigenvalue weighted by molar-refractivity contribution is 6.10. The van der Waals surface area contributed by atoms with Crippen molar-refractivity contribution in [2.45, 2.75) is 72.4 Å². The number of anilines is 2. The quantitative estimate of drug-likeness (QED) is 0.448. The van der Waals surface area contributed by atoms with Crippen LogP contribution in [0, 0.1) is 0 Å². The van der Waals surface area contributed by atoms with Gasteiger partial charge in [-0.05, 0) is 52.8 Å². The van der Waals surface area contributed by atoms with E-state index >= 15 is 0 Å². The van der Waals surface area contributed by atoms with Crippen molar-refractivity contribution in [3.05, 3.63) is 53.0 Å². The third-order valence-corrected chi connectivity index (χ3v) is 7.64. The Hall–Kier alpha value is -4.68. The molecule has 0 unspecified atom stereocenters. The van der Waals surface area contributed by atoms with Crippen LogP contribution < -0.4 is 9.80 Å². The Morgan fingerprint density at radius 1 is 1.09 bits per heavy atom. The summed E-state index contributed by atoms with van der Waals surface area (Å²) in [6.07, 6.45) is 0.229. The highest BCUT2D eigenvalue weighted by Gasteiger charge is 2.35. The van der Waals surface area contributed by atoms with E-state index < -0.39 is 17.8 Å². The third-order valence-electron chi connectivity index (χ3n) is 7.64. The third kappa shape index (κ3) is 5.97. The van der Waals surface area contributed by atoms with Crippen LogP contribution in [-0.4, -0.2) is 85.0 Å². The summed E-state index contributed by atoms with van der Waals surface area (Å²) in [7, 11) is 3.57. The average molecular weight is 591 g/mol. The van der Waals surface area contributed by atoms with Gasteiger partial charge in [0, 0.05) is 37.8 Å². The van der Waals surface area contributed by atoms with Gasteiger partial charge in [-0.3, -0.25) is 14.4 Å². The van der Waals surface area contributed by atoms with E-state index in [9.17, 15) is 19.5 Å². The van der Waals surface area contributed by atoms with Crippen LogP contribution in [0.25, 0.3) is 11.3 Å². The van der Waals surface area contributed by atoms with Crippen molar-refractivity contribution in [2.24, 2.45) is 0 Å². The predicted molar refractivity (Wildman–Crippen MR) is 160 cm³/mol. The van der Waals surface area contributed by atoms with Gasteiger partial charge in [-0.1, -0.05) is 6.07 Å². The Kier molecular flexibility index (Phi) is 7.76. The van der Waals surface area contributed by atoms with Crippen molar-refractivity contribution in [3.63, 3.8) is 0 Å². The number of aromatic nitrogens is 4. The smallest absolute Gasteiger partial charge is 0.410 e.